The van der Waals surface area contributed by atoms with Crippen molar-refractivity contribution >= 4 is 34.9 Å². The van der Waals surface area contributed by atoms with Crippen LogP contribution < -0.4 is 20.9 Å². The first kappa shape index (κ1) is 23.8. The molecule has 0 bridgehead atoms. The molecule has 3 rings (SSSR count). The highest BCUT2D eigenvalue weighted by molar-refractivity contribution is 6.00. The van der Waals surface area contributed by atoms with Crippen LogP contribution in [-0.2, 0) is 19.1 Å². The minimum Gasteiger partial charge on any atom is -0.382 e. The number of urea groups is 1. The molecule has 9 nitrogen and oxygen atoms in total. The van der Waals surface area contributed by atoms with Crippen molar-refractivity contribution in [3.05, 3.63) is 53.6 Å². The molecule has 0 unspecified atom stereocenters. The van der Waals surface area contributed by atoms with E-state index in [4.69, 9.17) is 15.9 Å². The van der Waals surface area contributed by atoms with Gasteiger partial charge in [-0.15, -0.1) is 6.42 Å². The highest BCUT2D eigenvalue weighted by Crippen LogP contribution is 2.25. The van der Waals surface area contributed by atoms with Gasteiger partial charge in [0.15, 0.2) is 0 Å². The SMILES string of the molecule is C#Cc1ccc(NC(=O)N[C@H](COC)C(=O)Nc2ccc(N3CCOCC3=O)c(C)c2)cc1. The van der Waals surface area contributed by atoms with Crippen molar-refractivity contribution in [2.75, 3.05) is 49.0 Å². The summed E-state index contributed by atoms with van der Waals surface area (Å²) in [5, 5.41) is 8.04. The number of aryl methyl sites for hydroxylation is 1. The molecule has 0 aromatic heterocycles. The van der Waals surface area contributed by atoms with Gasteiger partial charge in [-0.05, 0) is 55.0 Å². The summed E-state index contributed by atoms with van der Waals surface area (Å²) >= 11 is 0. The molecule has 172 valence electrons. The van der Waals surface area contributed by atoms with Crippen LogP contribution in [0, 0.1) is 19.3 Å². The highest BCUT2D eigenvalue weighted by atomic mass is 16.5. The van der Waals surface area contributed by atoms with Gasteiger partial charge >= 0.3 is 6.03 Å². The summed E-state index contributed by atoms with van der Waals surface area (Å²) in [5.41, 5.74) is 3.36. The Balaban J connectivity index is 1.63. The summed E-state index contributed by atoms with van der Waals surface area (Å²) in [6.45, 7) is 2.85. The first-order chi connectivity index (χ1) is 15.9. The number of hydrogen-bond donors (Lipinski definition) is 3. The van der Waals surface area contributed by atoms with Crippen molar-refractivity contribution in [2.24, 2.45) is 0 Å². The quantitative estimate of drug-likeness (QED) is 0.560. The Hall–Kier alpha value is -3.87. The molecule has 4 amide bonds. The predicted octanol–water partition coefficient (Wildman–Crippen LogP) is 2.11. The molecule has 2 aromatic carbocycles. The van der Waals surface area contributed by atoms with Crippen molar-refractivity contribution < 1.29 is 23.9 Å². The zero-order valence-electron chi connectivity index (χ0n) is 18.5. The number of methoxy groups -OCH3 is 1. The topological polar surface area (TPSA) is 109 Å². The fraction of sp³-hybridized carbons (Fsp3) is 0.292. The highest BCUT2D eigenvalue weighted by Gasteiger charge is 2.23. The number of morpholine rings is 1. The van der Waals surface area contributed by atoms with Gasteiger partial charge in [0.2, 0.25) is 5.91 Å². The van der Waals surface area contributed by atoms with Crippen molar-refractivity contribution in [3.63, 3.8) is 0 Å². The van der Waals surface area contributed by atoms with Gasteiger partial charge in [0.05, 0.1) is 13.2 Å². The molecule has 3 N–H and O–H groups in total. The summed E-state index contributed by atoms with van der Waals surface area (Å²) in [5.74, 6) is 1.95. The molecule has 1 heterocycles. The molecule has 0 aliphatic carbocycles. The minimum atomic E-state index is -0.930. The number of amides is 4. The molecular formula is C24H26N4O5. The van der Waals surface area contributed by atoms with Gasteiger partial charge in [0.25, 0.3) is 5.91 Å². The van der Waals surface area contributed by atoms with E-state index in [2.05, 4.69) is 21.9 Å². The lowest BCUT2D eigenvalue weighted by Gasteiger charge is -2.28. The molecule has 0 saturated carbocycles. The number of nitrogens with one attached hydrogen (secondary N) is 3. The third kappa shape index (κ3) is 6.32. The lowest BCUT2D eigenvalue weighted by molar-refractivity contribution is -0.125. The molecule has 9 heteroatoms. The first-order valence-corrected chi connectivity index (χ1v) is 10.3. The Bertz CT molecular complexity index is 1060. The molecule has 0 spiro atoms. The minimum absolute atomic E-state index is 0.0192. The number of benzene rings is 2. The number of hydrogen-bond acceptors (Lipinski definition) is 5. The van der Waals surface area contributed by atoms with Crippen LogP contribution >= 0.6 is 0 Å². The van der Waals surface area contributed by atoms with E-state index in [1.165, 1.54) is 7.11 Å². The van der Waals surface area contributed by atoms with E-state index < -0.39 is 18.0 Å². The summed E-state index contributed by atoms with van der Waals surface area (Å²) in [4.78, 5) is 38.9. The fourth-order valence-electron chi connectivity index (χ4n) is 3.36. The predicted molar refractivity (Wildman–Crippen MR) is 125 cm³/mol. The van der Waals surface area contributed by atoms with Crippen molar-refractivity contribution in [1.82, 2.24) is 5.32 Å². The molecule has 1 aliphatic heterocycles. The van der Waals surface area contributed by atoms with E-state index in [0.29, 0.717) is 30.1 Å². The van der Waals surface area contributed by atoms with Crippen LogP contribution in [0.25, 0.3) is 0 Å². The van der Waals surface area contributed by atoms with Crippen LogP contribution in [0.1, 0.15) is 11.1 Å². The van der Waals surface area contributed by atoms with Crippen molar-refractivity contribution in [1.29, 1.82) is 0 Å². The lowest BCUT2D eigenvalue weighted by Crippen LogP contribution is -2.48. The largest absolute Gasteiger partial charge is 0.382 e. The summed E-state index contributed by atoms with van der Waals surface area (Å²) in [6.07, 6.45) is 5.33. The van der Waals surface area contributed by atoms with E-state index in [1.54, 1.807) is 47.4 Å². The second kappa shape index (κ2) is 11.1. The third-order valence-electron chi connectivity index (χ3n) is 5.01. The molecule has 1 aliphatic rings. The van der Waals surface area contributed by atoms with Gasteiger partial charge in [-0.25, -0.2) is 4.79 Å². The van der Waals surface area contributed by atoms with Crippen LogP contribution in [-0.4, -0.2) is 57.4 Å². The Kier molecular flexibility index (Phi) is 8.02. The molecule has 1 saturated heterocycles. The number of carbonyl (C=O) groups is 3. The Morgan fingerprint density at radius 1 is 1.18 bits per heavy atom. The normalized spacial score (nSPS) is 14.2. The van der Waals surface area contributed by atoms with Gasteiger partial charge in [-0.3, -0.25) is 9.59 Å². The fourth-order valence-corrected chi connectivity index (χ4v) is 3.36. The average molecular weight is 450 g/mol. The maximum Gasteiger partial charge on any atom is 0.319 e. The van der Waals surface area contributed by atoms with Crippen LogP contribution in [0.4, 0.5) is 21.9 Å². The number of anilines is 3. The van der Waals surface area contributed by atoms with Crippen molar-refractivity contribution in [3.8, 4) is 12.3 Å². The number of carbonyl (C=O) groups excluding carboxylic acids is 3. The molecule has 1 fully saturated rings. The van der Waals surface area contributed by atoms with E-state index in [0.717, 1.165) is 11.3 Å². The molecule has 0 radical (unpaired) electrons. The summed E-state index contributed by atoms with van der Waals surface area (Å²) in [6, 6.07) is 10.5. The standard InChI is InChI=1S/C24H26N4O5/c1-4-17-5-7-18(8-6-17)26-24(31)27-20(14-32-3)23(30)25-19-9-10-21(16(2)13-19)28-11-12-33-15-22(28)29/h1,5-10,13,20H,11-12,14-15H2,2-3H3,(H,25,30)(H2,26,27,31)/t20-/m1/s1. The number of ether oxygens (including phenoxy) is 2. The number of rotatable bonds is 7. The van der Waals surface area contributed by atoms with Gasteiger partial charge < -0.3 is 30.3 Å². The van der Waals surface area contributed by atoms with E-state index >= 15 is 0 Å². The first-order valence-electron chi connectivity index (χ1n) is 10.3. The van der Waals surface area contributed by atoms with Gasteiger partial charge in [0.1, 0.15) is 12.6 Å². The van der Waals surface area contributed by atoms with E-state index in [1.807, 2.05) is 6.92 Å². The van der Waals surface area contributed by atoms with Crippen LogP contribution in [0.5, 0.6) is 0 Å². The van der Waals surface area contributed by atoms with E-state index in [-0.39, 0.29) is 19.1 Å². The molecule has 1 atom stereocenters. The smallest absolute Gasteiger partial charge is 0.319 e. The zero-order chi connectivity index (χ0) is 23.8. The number of terminal acetylenes is 1. The van der Waals surface area contributed by atoms with E-state index in [9.17, 15) is 14.4 Å². The monoisotopic (exact) mass is 450 g/mol. The second-order valence-corrected chi connectivity index (χ2v) is 7.42. The lowest BCUT2D eigenvalue weighted by atomic mass is 10.1. The second-order valence-electron chi connectivity index (χ2n) is 7.42. The van der Waals surface area contributed by atoms with Gasteiger partial charge in [-0.2, -0.15) is 0 Å². The van der Waals surface area contributed by atoms with Gasteiger partial charge in [-0.1, -0.05) is 5.92 Å². The maximum atomic E-state index is 12.8. The average Bonchev–Trinajstić information content (AvgIpc) is 2.80. The summed E-state index contributed by atoms with van der Waals surface area (Å²) in [7, 11) is 1.44. The Morgan fingerprint density at radius 3 is 2.55 bits per heavy atom. The molecular weight excluding hydrogens is 424 g/mol. The van der Waals surface area contributed by atoms with Gasteiger partial charge in [0, 0.05) is 36.3 Å². The van der Waals surface area contributed by atoms with Crippen LogP contribution in [0.2, 0.25) is 0 Å². The van der Waals surface area contributed by atoms with Crippen LogP contribution in [0.15, 0.2) is 42.5 Å². The third-order valence-corrected chi connectivity index (χ3v) is 5.01. The van der Waals surface area contributed by atoms with Crippen molar-refractivity contribution in [2.45, 2.75) is 13.0 Å². The van der Waals surface area contributed by atoms with Crippen LogP contribution in [0.3, 0.4) is 0 Å². The molecule has 2 aromatic rings. The molecule has 33 heavy (non-hydrogen) atoms. The zero-order valence-corrected chi connectivity index (χ0v) is 18.5. The maximum absolute atomic E-state index is 12.8. The summed E-state index contributed by atoms with van der Waals surface area (Å²) < 4.78 is 10.3. The number of nitrogens with zero attached hydrogens (tertiary/aromatic N) is 1. The Labute approximate surface area is 192 Å². The Morgan fingerprint density at radius 2 is 1.91 bits per heavy atom.